The highest BCUT2D eigenvalue weighted by molar-refractivity contribution is 7.98. The summed E-state index contributed by atoms with van der Waals surface area (Å²) < 4.78 is 26.7. The van der Waals surface area contributed by atoms with E-state index in [1.54, 1.807) is 12.1 Å². The topological polar surface area (TPSA) is 78.9 Å². The van der Waals surface area contributed by atoms with Crippen LogP contribution < -0.4 is 0 Å². The van der Waals surface area contributed by atoms with E-state index in [2.05, 4.69) is 20.4 Å². The number of aryl methyl sites for hydroxylation is 1. The first-order chi connectivity index (χ1) is 13.2. The van der Waals surface area contributed by atoms with Crippen molar-refractivity contribution in [2.45, 2.75) is 49.7 Å². The number of aromatic nitrogens is 5. The summed E-state index contributed by atoms with van der Waals surface area (Å²) in [6.45, 7) is 3.41. The van der Waals surface area contributed by atoms with Crippen molar-refractivity contribution in [2.24, 2.45) is 0 Å². The van der Waals surface area contributed by atoms with E-state index in [0.717, 1.165) is 30.2 Å². The largest absolute Gasteiger partial charge is 0.424 e. The van der Waals surface area contributed by atoms with Crippen LogP contribution in [-0.2, 0) is 23.5 Å². The van der Waals surface area contributed by atoms with Crippen LogP contribution in [0, 0.1) is 5.82 Å². The summed E-state index contributed by atoms with van der Waals surface area (Å²) in [5, 5.41) is 17.5. The van der Waals surface area contributed by atoms with Crippen LogP contribution in [0.1, 0.15) is 31.5 Å². The highest BCUT2D eigenvalue weighted by atomic mass is 32.2. The van der Waals surface area contributed by atoms with E-state index in [9.17, 15) is 4.39 Å². The molecular weight excluding hydrogens is 369 g/mol. The van der Waals surface area contributed by atoms with E-state index in [-0.39, 0.29) is 11.9 Å². The van der Waals surface area contributed by atoms with E-state index in [0.29, 0.717) is 36.3 Å². The number of hydrogen-bond acceptors (Lipinski definition) is 7. The van der Waals surface area contributed by atoms with Crippen molar-refractivity contribution in [1.29, 1.82) is 0 Å². The summed E-state index contributed by atoms with van der Waals surface area (Å²) in [5.41, 5.74) is 0.819. The second-order valence-electron chi connectivity index (χ2n) is 6.29. The molecule has 0 amide bonds. The molecular formula is C18H20FN5O2S. The average Bonchev–Trinajstić information content (AvgIpc) is 3.42. The van der Waals surface area contributed by atoms with Gasteiger partial charge in [0.05, 0.1) is 18.4 Å². The lowest BCUT2D eigenvalue weighted by Crippen LogP contribution is -2.16. The Labute approximate surface area is 160 Å². The molecule has 4 rings (SSSR count). The third-order valence-corrected chi connectivity index (χ3v) is 5.32. The van der Waals surface area contributed by atoms with Crippen molar-refractivity contribution in [3.05, 3.63) is 41.9 Å². The van der Waals surface area contributed by atoms with Gasteiger partial charge in [0.1, 0.15) is 5.82 Å². The smallest absolute Gasteiger partial charge is 0.226 e. The fraction of sp³-hybridized carbons (Fsp3) is 0.444. The van der Waals surface area contributed by atoms with Crippen molar-refractivity contribution in [1.82, 2.24) is 25.0 Å². The van der Waals surface area contributed by atoms with Crippen molar-refractivity contribution in [3.63, 3.8) is 0 Å². The fourth-order valence-electron chi connectivity index (χ4n) is 2.98. The van der Waals surface area contributed by atoms with E-state index < -0.39 is 0 Å². The van der Waals surface area contributed by atoms with Crippen molar-refractivity contribution in [2.75, 3.05) is 6.61 Å². The molecule has 0 bridgehead atoms. The number of ether oxygens (including phenoxy) is 1. The predicted molar refractivity (Wildman–Crippen MR) is 97.6 cm³/mol. The van der Waals surface area contributed by atoms with Gasteiger partial charge in [-0.3, -0.25) is 4.57 Å². The Bertz CT molecular complexity index is 890. The van der Waals surface area contributed by atoms with Crippen LogP contribution in [0.2, 0.25) is 0 Å². The molecule has 9 heteroatoms. The third kappa shape index (κ3) is 4.19. The third-order valence-electron chi connectivity index (χ3n) is 4.37. The van der Waals surface area contributed by atoms with Gasteiger partial charge in [0.2, 0.25) is 11.8 Å². The minimum absolute atomic E-state index is 0.134. The zero-order valence-corrected chi connectivity index (χ0v) is 15.8. The summed E-state index contributed by atoms with van der Waals surface area (Å²) >= 11 is 1.49. The van der Waals surface area contributed by atoms with Gasteiger partial charge in [-0.15, -0.1) is 20.4 Å². The summed E-state index contributed by atoms with van der Waals surface area (Å²) in [6.07, 6.45) is 2.91. The summed E-state index contributed by atoms with van der Waals surface area (Å²) in [6, 6.07) is 6.28. The lowest BCUT2D eigenvalue weighted by Gasteiger charge is -2.14. The molecule has 2 aromatic heterocycles. The van der Waals surface area contributed by atoms with Crippen LogP contribution in [0.15, 0.2) is 33.8 Å². The van der Waals surface area contributed by atoms with Gasteiger partial charge in [-0.2, -0.15) is 0 Å². The fourth-order valence-corrected chi connectivity index (χ4v) is 3.77. The van der Waals surface area contributed by atoms with Crippen molar-refractivity contribution >= 4 is 11.8 Å². The quantitative estimate of drug-likeness (QED) is 0.572. The Hall–Kier alpha value is -2.26. The monoisotopic (exact) mass is 389 g/mol. The molecule has 27 heavy (non-hydrogen) atoms. The average molecular weight is 389 g/mol. The first kappa shape index (κ1) is 18.1. The molecule has 142 valence electrons. The van der Waals surface area contributed by atoms with Crippen molar-refractivity contribution < 1.29 is 13.5 Å². The molecule has 1 aromatic carbocycles. The van der Waals surface area contributed by atoms with E-state index in [4.69, 9.17) is 9.15 Å². The van der Waals surface area contributed by atoms with Crippen LogP contribution in [0.3, 0.4) is 0 Å². The number of benzene rings is 1. The Balaban J connectivity index is 1.58. The molecule has 0 radical (unpaired) electrons. The van der Waals surface area contributed by atoms with Gasteiger partial charge in [-0.25, -0.2) is 4.39 Å². The lowest BCUT2D eigenvalue weighted by atomic mass is 10.2. The molecule has 0 N–H and O–H groups in total. The number of rotatable bonds is 7. The number of halogens is 1. The molecule has 1 atom stereocenters. The molecule has 3 heterocycles. The maximum Gasteiger partial charge on any atom is 0.226 e. The van der Waals surface area contributed by atoms with Gasteiger partial charge in [-0.1, -0.05) is 18.7 Å². The first-order valence-electron chi connectivity index (χ1n) is 8.97. The SMILES string of the molecule is CCc1nnc(CSc2nnc(-c3ccc(F)cc3)n2CC2CCCO2)o1. The van der Waals surface area contributed by atoms with Gasteiger partial charge in [0.25, 0.3) is 0 Å². The van der Waals surface area contributed by atoms with Gasteiger partial charge in [-0.05, 0) is 37.1 Å². The molecule has 0 saturated carbocycles. The molecule has 3 aromatic rings. The molecule has 1 aliphatic rings. The molecule has 1 unspecified atom stereocenters. The second-order valence-corrected chi connectivity index (χ2v) is 7.23. The summed E-state index contributed by atoms with van der Waals surface area (Å²) in [7, 11) is 0. The predicted octanol–water partition coefficient (Wildman–Crippen LogP) is 3.50. The lowest BCUT2D eigenvalue weighted by molar-refractivity contribution is 0.0953. The summed E-state index contributed by atoms with van der Waals surface area (Å²) in [5.74, 6) is 2.12. The highest BCUT2D eigenvalue weighted by Crippen LogP contribution is 2.28. The molecule has 1 fully saturated rings. The number of hydrogen-bond donors (Lipinski definition) is 0. The zero-order chi connectivity index (χ0) is 18.6. The normalized spacial score (nSPS) is 16.9. The van der Waals surface area contributed by atoms with Crippen LogP contribution in [0.4, 0.5) is 4.39 Å². The Morgan fingerprint density at radius 3 is 2.67 bits per heavy atom. The van der Waals surface area contributed by atoms with E-state index in [1.807, 2.05) is 11.5 Å². The minimum atomic E-state index is -0.276. The van der Waals surface area contributed by atoms with Gasteiger partial charge < -0.3 is 9.15 Å². The molecule has 0 spiro atoms. The van der Waals surface area contributed by atoms with E-state index >= 15 is 0 Å². The number of thioether (sulfide) groups is 1. The Kier molecular flexibility index (Phi) is 5.49. The first-order valence-corrected chi connectivity index (χ1v) is 9.96. The molecule has 1 aliphatic heterocycles. The standard InChI is InChI=1S/C18H20FN5O2S/c1-2-15-20-21-16(26-15)11-27-18-23-22-17(12-5-7-13(19)8-6-12)24(18)10-14-4-3-9-25-14/h5-8,14H,2-4,9-11H2,1H3. The summed E-state index contributed by atoms with van der Waals surface area (Å²) in [4.78, 5) is 0. The van der Waals surface area contributed by atoms with E-state index in [1.165, 1.54) is 23.9 Å². The Morgan fingerprint density at radius 1 is 1.15 bits per heavy atom. The van der Waals surface area contributed by atoms with Crippen LogP contribution >= 0.6 is 11.8 Å². The van der Waals surface area contributed by atoms with Crippen LogP contribution in [-0.4, -0.2) is 37.7 Å². The van der Waals surface area contributed by atoms with Gasteiger partial charge in [0.15, 0.2) is 11.0 Å². The Morgan fingerprint density at radius 2 is 1.96 bits per heavy atom. The van der Waals surface area contributed by atoms with Crippen molar-refractivity contribution in [3.8, 4) is 11.4 Å². The van der Waals surface area contributed by atoms with Crippen LogP contribution in [0.5, 0.6) is 0 Å². The zero-order valence-electron chi connectivity index (χ0n) is 15.0. The molecule has 1 saturated heterocycles. The van der Waals surface area contributed by atoms with Gasteiger partial charge >= 0.3 is 0 Å². The highest BCUT2D eigenvalue weighted by Gasteiger charge is 2.22. The molecule has 0 aliphatic carbocycles. The van der Waals surface area contributed by atoms with Crippen LogP contribution in [0.25, 0.3) is 11.4 Å². The minimum Gasteiger partial charge on any atom is -0.424 e. The number of nitrogens with zero attached hydrogens (tertiary/aromatic N) is 5. The second kappa shape index (κ2) is 8.18. The maximum atomic E-state index is 13.3. The maximum absolute atomic E-state index is 13.3. The van der Waals surface area contributed by atoms with Gasteiger partial charge in [0, 0.05) is 18.6 Å². The molecule has 7 nitrogen and oxygen atoms in total.